The number of rotatable bonds is 8. The summed E-state index contributed by atoms with van der Waals surface area (Å²) in [7, 11) is 5.07. The number of ether oxygens (including phenoxy) is 2. The average Bonchev–Trinajstić information content (AvgIpc) is 3.51. The van der Waals surface area contributed by atoms with Crippen LogP contribution in [0.25, 0.3) is 0 Å². The lowest BCUT2D eigenvalue weighted by Gasteiger charge is -2.27. The summed E-state index contributed by atoms with van der Waals surface area (Å²) in [6, 6.07) is 12.6. The van der Waals surface area contributed by atoms with E-state index in [2.05, 4.69) is 15.5 Å². The van der Waals surface area contributed by atoms with E-state index in [-0.39, 0.29) is 23.6 Å². The lowest BCUT2D eigenvalue weighted by atomic mass is 10.0. The predicted molar refractivity (Wildman–Crippen MR) is 129 cm³/mol. The number of nitrogens with one attached hydrogen (secondary N) is 1. The Balaban J connectivity index is 1.47. The van der Waals surface area contributed by atoms with Crippen molar-refractivity contribution >= 4 is 29.3 Å². The Bertz CT molecular complexity index is 1180. The first-order valence-electron chi connectivity index (χ1n) is 10.9. The van der Waals surface area contributed by atoms with Crippen LogP contribution >= 0.6 is 11.8 Å². The zero-order chi connectivity index (χ0) is 24.1. The third kappa shape index (κ3) is 5.17. The summed E-state index contributed by atoms with van der Waals surface area (Å²) >= 11 is 1.30. The summed E-state index contributed by atoms with van der Waals surface area (Å²) in [5.74, 6) is 1.37. The second-order valence-electron chi connectivity index (χ2n) is 7.91. The maximum absolute atomic E-state index is 13.5. The summed E-state index contributed by atoms with van der Waals surface area (Å²) in [5.41, 5.74) is 2.02. The van der Waals surface area contributed by atoms with Crippen LogP contribution < -0.4 is 14.8 Å². The van der Waals surface area contributed by atoms with E-state index >= 15 is 0 Å². The molecule has 178 valence electrons. The summed E-state index contributed by atoms with van der Waals surface area (Å²) < 4.78 is 12.7. The summed E-state index contributed by atoms with van der Waals surface area (Å²) in [5, 5.41) is 11.3. The number of carbonyl (C=O) groups is 2. The standard InChI is InChI=1S/C24H27N5O4S/c1-28-15-25-27-24(28)34-14-22(30)26-17-7-4-6-16(12-17)23(31)29-11-5-8-20(29)19-13-18(32-2)9-10-21(19)33-3/h4,6-7,9-10,12-13,15,20H,5,8,11,14H2,1-3H3,(H,26,30). The van der Waals surface area contributed by atoms with Crippen LogP contribution in [-0.4, -0.2) is 58.0 Å². The monoisotopic (exact) mass is 481 g/mol. The normalized spacial score (nSPS) is 15.3. The van der Waals surface area contributed by atoms with E-state index in [1.807, 2.05) is 30.1 Å². The summed E-state index contributed by atoms with van der Waals surface area (Å²) in [6.07, 6.45) is 3.32. The van der Waals surface area contributed by atoms with Crippen LogP contribution in [0.2, 0.25) is 0 Å². The highest BCUT2D eigenvalue weighted by Crippen LogP contribution is 2.39. The molecule has 1 aliphatic heterocycles. The molecular formula is C24H27N5O4S. The Morgan fingerprint density at radius 3 is 2.76 bits per heavy atom. The zero-order valence-corrected chi connectivity index (χ0v) is 20.2. The molecular weight excluding hydrogens is 454 g/mol. The Kier molecular flexibility index (Phi) is 7.36. The number of hydrogen-bond acceptors (Lipinski definition) is 7. The number of nitrogens with zero attached hydrogens (tertiary/aromatic N) is 4. The van der Waals surface area contributed by atoms with Crippen molar-refractivity contribution in [2.75, 3.05) is 31.8 Å². The highest BCUT2D eigenvalue weighted by Gasteiger charge is 2.33. The van der Waals surface area contributed by atoms with Gasteiger partial charge in [-0.25, -0.2) is 0 Å². The molecule has 1 unspecified atom stereocenters. The van der Waals surface area contributed by atoms with Crippen molar-refractivity contribution in [2.45, 2.75) is 24.0 Å². The first-order chi connectivity index (χ1) is 16.5. The highest BCUT2D eigenvalue weighted by molar-refractivity contribution is 7.99. The van der Waals surface area contributed by atoms with Gasteiger partial charge in [0.2, 0.25) is 5.91 Å². The zero-order valence-electron chi connectivity index (χ0n) is 19.4. The van der Waals surface area contributed by atoms with Crippen LogP contribution in [0.15, 0.2) is 53.9 Å². The molecule has 4 rings (SSSR count). The van der Waals surface area contributed by atoms with E-state index in [0.717, 1.165) is 29.9 Å². The second kappa shape index (κ2) is 10.6. The Morgan fingerprint density at radius 2 is 2.03 bits per heavy atom. The molecule has 1 saturated heterocycles. The number of carbonyl (C=O) groups excluding carboxylic acids is 2. The van der Waals surface area contributed by atoms with E-state index in [4.69, 9.17) is 9.47 Å². The molecule has 1 N–H and O–H groups in total. The van der Waals surface area contributed by atoms with Crippen LogP contribution in [0.5, 0.6) is 11.5 Å². The van der Waals surface area contributed by atoms with Gasteiger partial charge in [0.05, 0.1) is 26.0 Å². The fraction of sp³-hybridized carbons (Fsp3) is 0.333. The van der Waals surface area contributed by atoms with Gasteiger partial charge in [-0.15, -0.1) is 10.2 Å². The number of hydrogen-bond donors (Lipinski definition) is 1. The quantitative estimate of drug-likeness (QED) is 0.492. The van der Waals surface area contributed by atoms with Crippen molar-refractivity contribution in [1.29, 1.82) is 0 Å². The fourth-order valence-corrected chi connectivity index (χ4v) is 4.75. The molecule has 0 aliphatic carbocycles. The molecule has 10 heteroatoms. The summed E-state index contributed by atoms with van der Waals surface area (Å²) in [6.45, 7) is 0.648. The van der Waals surface area contributed by atoms with Gasteiger partial charge < -0.3 is 24.3 Å². The van der Waals surface area contributed by atoms with Gasteiger partial charge in [-0.2, -0.15) is 0 Å². The minimum absolute atomic E-state index is 0.0862. The van der Waals surface area contributed by atoms with Gasteiger partial charge in [0.15, 0.2) is 5.16 Å². The molecule has 0 bridgehead atoms. The van der Waals surface area contributed by atoms with Crippen LogP contribution in [0.1, 0.15) is 34.8 Å². The van der Waals surface area contributed by atoms with Gasteiger partial charge in [0.1, 0.15) is 17.8 Å². The molecule has 2 aromatic carbocycles. The predicted octanol–water partition coefficient (Wildman–Crippen LogP) is 3.54. The molecule has 0 radical (unpaired) electrons. The van der Waals surface area contributed by atoms with E-state index in [0.29, 0.717) is 23.0 Å². The minimum Gasteiger partial charge on any atom is -0.497 e. The SMILES string of the molecule is COc1ccc(OC)c(C2CCCN2C(=O)c2cccc(NC(=O)CSc3nncn3C)c2)c1. The highest BCUT2D eigenvalue weighted by atomic mass is 32.2. The first-order valence-corrected chi connectivity index (χ1v) is 11.9. The third-order valence-corrected chi connectivity index (χ3v) is 6.74. The van der Waals surface area contributed by atoms with Gasteiger partial charge in [-0.1, -0.05) is 17.8 Å². The smallest absolute Gasteiger partial charge is 0.254 e. The largest absolute Gasteiger partial charge is 0.497 e. The first kappa shape index (κ1) is 23.6. The van der Waals surface area contributed by atoms with Crippen LogP contribution in [-0.2, 0) is 11.8 Å². The fourth-order valence-electron chi connectivity index (χ4n) is 4.06. The van der Waals surface area contributed by atoms with Crippen molar-refractivity contribution in [3.8, 4) is 11.5 Å². The van der Waals surface area contributed by atoms with Gasteiger partial charge in [0.25, 0.3) is 5.91 Å². The molecule has 1 aromatic heterocycles. The minimum atomic E-state index is -0.183. The lowest BCUT2D eigenvalue weighted by Crippen LogP contribution is -2.31. The molecule has 1 atom stereocenters. The number of aryl methyl sites for hydroxylation is 1. The van der Waals surface area contributed by atoms with Crippen molar-refractivity contribution in [1.82, 2.24) is 19.7 Å². The van der Waals surface area contributed by atoms with Crippen LogP contribution in [0.4, 0.5) is 5.69 Å². The van der Waals surface area contributed by atoms with Crippen molar-refractivity contribution < 1.29 is 19.1 Å². The topological polar surface area (TPSA) is 98.6 Å². The molecule has 2 amide bonds. The number of amides is 2. The van der Waals surface area contributed by atoms with E-state index in [1.54, 1.807) is 49.4 Å². The molecule has 3 aromatic rings. The second-order valence-corrected chi connectivity index (χ2v) is 8.85. The maximum atomic E-state index is 13.5. The van der Waals surface area contributed by atoms with Crippen LogP contribution in [0.3, 0.4) is 0 Å². The molecule has 9 nitrogen and oxygen atoms in total. The van der Waals surface area contributed by atoms with E-state index in [1.165, 1.54) is 11.8 Å². The Labute approximate surface area is 202 Å². The van der Waals surface area contributed by atoms with E-state index in [9.17, 15) is 9.59 Å². The number of thioether (sulfide) groups is 1. The Hall–Kier alpha value is -3.53. The molecule has 1 aliphatic rings. The van der Waals surface area contributed by atoms with Gasteiger partial charge in [0, 0.05) is 30.4 Å². The van der Waals surface area contributed by atoms with Crippen molar-refractivity contribution in [3.05, 3.63) is 59.9 Å². The van der Waals surface area contributed by atoms with Gasteiger partial charge in [-0.3, -0.25) is 9.59 Å². The number of aromatic nitrogens is 3. The number of methoxy groups -OCH3 is 2. The molecule has 1 fully saturated rings. The van der Waals surface area contributed by atoms with Crippen molar-refractivity contribution in [2.24, 2.45) is 7.05 Å². The molecule has 0 saturated carbocycles. The lowest BCUT2D eigenvalue weighted by molar-refractivity contribution is -0.113. The van der Waals surface area contributed by atoms with Crippen LogP contribution in [0, 0.1) is 0 Å². The number of benzene rings is 2. The third-order valence-electron chi connectivity index (χ3n) is 5.71. The van der Waals surface area contributed by atoms with Crippen molar-refractivity contribution in [3.63, 3.8) is 0 Å². The molecule has 34 heavy (non-hydrogen) atoms. The summed E-state index contributed by atoms with van der Waals surface area (Å²) in [4.78, 5) is 27.7. The number of likely N-dealkylation sites (tertiary alicyclic amines) is 1. The van der Waals surface area contributed by atoms with Gasteiger partial charge in [-0.05, 0) is 49.2 Å². The maximum Gasteiger partial charge on any atom is 0.254 e. The Morgan fingerprint density at radius 1 is 1.18 bits per heavy atom. The average molecular weight is 482 g/mol. The molecule has 0 spiro atoms. The number of anilines is 1. The molecule has 2 heterocycles. The van der Waals surface area contributed by atoms with Gasteiger partial charge >= 0.3 is 0 Å². The van der Waals surface area contributed by atoms with E-state index < -0.39 is 0 Å².